The van der Waals surface area contributed by atoms with Gasteiger partial charge in [-0.1, -0.05) is 58.0 Å². The molecular weight excluding hydrogens is 370 g/mol. The number of allylic oxidation sites excluding steroid dienone is 4. The standard InChI is InChI=1S/C8H12.C2H3N.4BH4.Ir/c1-2-4-6-8-7-5-3-1;1-2-3;;;;;/h1-2,7-8H,3-6H2;1H3;4*1H4;/q;;4*-1;/b2-1-,8-7?;;;;;;. The largest absolute Gasteiger partial charge is 0.199 e. The Bertz CT molecular complexity index is 152. The van der Waals surface area contributed by atoms with E-state index in [4.69, 9.17) is 5.26 Å². The topological polar surface area (TPSA) is 23.8 Å². The molecule has 1 rings (SSSR count). The Kier molecular flexibility index (Phi) is 81.8. The average Bonchev–Trinajstić information content (AvgIpc) is 1.86. The van der Waals surface area contributed by atoms with Crippen molar-refractivity contribution in [3.8, 4) is 6.07 Å². The van der Waals surface area contributed by atoms with Gasteiger partial charge in [-0.05, 0) is 25.7 Å². The van der Waals surface area contributed by atoms with E-state index < -0.39 is 0 Å². The molecule has 0 spiro atoms. The van der Waals surface area contributed by atoms with E-state index in [9.17, 15) is 0 Å². The van der Waals surface area contributed by atoms with Crippen LogP contribution < -0.4 is 0 Å². The molecule has 16 heavy (non-hydrogen) atoms. The minimum absolute atomic E-state index is 0. The van der Waals surface area contributed by atoms with Gasteiger partial charge in [0, 0.05) is 27.0 Å². The van der Waals surface area contributed by atoms with Gasteiger partial charge in [0.15, 0.2) is 0 Å². The average molecular weight is 401 g/mol. The molecule has 0 aromatic carbocycles. The minimum Gasteiger partial charge on any atom is -0.199 e. The summed E-state index contributed by atoms with van der Waals surface area (Å²) in [7, 11) is 0. The summed E-state index contributed by atoms with van der Waals surface area (Å²) < 4.78 is 0. The van der Waals surface area contributed by atoms with Crippen molar-refractivity contribution in [1.29, 1.82) is 5.26 Å². The van der Waals surface area contributed by atoms with E-state index in [1.54, 1.807) is 6.07 Å². The molecule has 1 nitrogen and oxygen atoms in total. The van der Waals surface area contributed by atoms with Crippen LogP contribution in [0.15, 0.2) is 24.3 Å². The summed E-state index contributed by atoms with van der Waals surface area (Å²) in [4.78, 5) is 0. The van der Waals surface area contributed by atoms with E-state index in [0.717, 1.165) is 0 Å². The second kappa shape index (κ2) is 36.4. The number of nitrogens with zero attached hydrogens (tertiary/aromatic N) is 1. The van der Waals surface area contributed by atoms with Crippen LogP contribution >= 0.6 is 0 Å². The first kappa shape index (κ1) is 36.0. The van der Waals surface area contributed by atoms with Gasteiger partial charge in [0.05, 0.1) is 6.07 Å². The second-order valence-electron chi connectivity index (χ2n) is 2.32. The van der Waals surface area contributed by atoms with Crippen molar-refractivity contribution in [3.63, 3.8) is 0 Å². The van der Waals surface area contributed by atoms with E-state index in [1.807, 2.05) is 0 Å². The predicted molar refractivity (Wildman–Crippen MR) is 93.4 cm³/mol. The molecule has 0 aromatic heterocycles. The Morgan fingerprint density at radius 3 is 1.00 bits per heavy atom. The summed E-state index contributed by atoms with van der Waals surface area (Å²) in [6, 6.07) is 1.75. The van der Waals surface area contributed by atoms with Crippen LogP contribution in [-0.2, 0) is 20.1 Å². The van der Waals surface area contributed by atoms with Gasteiger partial charge in [-0.25, -0.2) is 0 Å². The maximum Gasteiger partial charge on any atom is 0.0587 e. The molecule has 0 fully saturated rings. The molecule has 101 valence electrons. The quantitative estimate of drug-likeness (QED) is 0.323. The van der Waals surface area contributed by atoms with Crippen molar-refractivity contribution < 1.29 is 20.1 Å². The molecule has 6 heteroatoms. The van der Waals surface area contributed by atoms with Crippen molar-refractivity contribution in [1.82, 2.24) is 0 Å². The van der Waals surface area contributed by atoms with Crippen molar-refractivity contribution in [2.75, 3.05) is 0 Å². The third-order valence-electron chi connectivity index (χ3n) is 1.33. The Morgan fingerprint density at radius 2 is 0.875 bits per heavy atom. The first-order valence-electron chi connectivity index (χ1n) is 4.02. The van der Waals surface area contributed by atoms with Gasteiger partial charge in [-0.15, -0.1) is 0 Å². The minimum atomic E-state index is 0. The van der Waals surface area contributed by atoms with Gasteiger partial charge in [0.1, 0.15) is 0 Å². The van der Waals surface area contributed by atoms with Gasteiger partial charge in [0.2, 0.25) is 0 Å². The molecule has 1 aliphatic carbocycles. The summed E-state index contributed by atoms with van der Waals surface area (Å²) in [5.74, 6) is 0. The zero-order chi connectivity index (χ0) is 8.36. The molecule has 0 unspecified atom stereocenters. The molecule has 0 N–H and O–H groups in total. The van der Waals surface area contributed by atoms with E-state index in [2.05, 4.69) is 24.3 Å². The van der Waals surface area contributed by atoms with Crippen LogP contribution in [0.5, 0.6) is 0 Å². The third kappa shape index (κ3) is 37.1. The zero-order valence-electron chi connectivity index (χ0n) is 7.42. The van der Waals surface area contributed by atoms with Crippen molar-refractivity contribution in [2.45, 2.75) is 32.6 Å². The molecule has 0 saturated heterocycles. The number of hydrogen-bond acceptors (Lipinski definition) is 1. The van der Waals surface area contributed by atoms with Crippen molar-refractivity contribution in [2.24, 2.45) is 0 Å². The molecule has 0 amide bonds. The first-order chi connectivity index (χ1) is 5.41. The summed E-state index contributed by atoms with van der Waals surface area (Å²) in [5.41, 5.74) is 0. The van der Waals surface area contributed by atoms with Gasteiger partial charge in [-0.3, -0.25) is 0 Å². The van der Waals surface area contributed by atoms with E-state index in [1.165, 1.54) is 32.6 Å². The summed E-state index contributed by atoms with van der Waals surface area (Å²) in [6.07, 6.45) is 14.0. The summed E-state index contributed by atoms with van der Waals surface area (Å²) >= 11 is 0. The van der Waals surface area contributed by atoms with Crippen LogP contribution in [0.25, 0.3) is 0 Å². The maximum atomic E-state index is 7.32. The second-order valence-corrected chi connectivity index (χ2v) is 2.32. The number of rotatable bonds is 0. The maximum absolute atomic E-state index is 7.32. The Hall–Kier alpha value is -0.121. The van der Waals surface area contributed by atoms with E-state index >= 15 is 0 Å². The van der Waals surface area contributed by atoms with Crippen LogP contribution in [-0.4, -0.2) is 33.7 Å². The fraction of sp³-hybridized carbons (Fsp3) is 0.500. The molecule has 0 atom stereocenters. The number of hydrogen-bond donors (Lipinski definition) is 0. The van der Waals surface area contributed by atoms with Crippen molar-refractivity contribution in [3.05, 3.63) is 24.3 Å². The van der Waals surface area contributed by atoms with Crippen LogP contribution in [0, 0.1) is 11.3 Å². The zero-order valence-corrected chi connectivity index (χ0v) is 9.81. The SMILES string of the molecule is C1=CCC/C=C\CC1.CC#N.[BH4-].[BH4-].[BH4-].[BH4-].[Ir]. The van der Waals surface area contributed by atoms with E-state index in [-0.39, 0.29) is 53.8 Å². The molecule has 0 heterocycles. The Morgan fingerprint density at radius 1 is 0.750 bits per heavy atom. The monoisotopic (exact) mass is 402 g/mol. The van der Waals surface area contributed by atoms with Gasteiger partial charge in [0.25, 0.3) is 0 Å². The summed E-state index contributed by atoms with van der Waals surface area (Å²) in [6.45, 7) is 1.43. The number of nitriles is 1. The predicted octanol–water partition coefficient (Wildman–Crippen LogP) is -2.61. The fourth-order valence-electron chi connectivity index (χ4n) is 0.856. The van der Waals surface area contributed by atoms with Crippen molar-refractivity contribution >= 4 is 33.7 Å². The van der Waals surface area contributed by atoms with Gasteiger partial charge >= 0.3 is 0 Å². The summed E-state index contributed by atoms with van der Waals surface area (Å²) in [5, 5.41) is 7.32. The van der Waals surface area contributed by atoms with Crippen LogP contribution in [0.4, 0.5) is 0 Å². The van der Waals surface area contributed by atoms with Gasteiger partial charge in [-0.2, -0.15) is 5.26 Å². The molecular formula is C10H31B4IrN-4. The normalized spacial score (nSPS) is 12.5. The molecule has 0 aliphatic heterocycles. The third-order valence-corrected chi connectivity index (χ3v) is 1.33. The first-order valence-corrected chi connectivity index (χ1v) is 4.02. The molecule has 1 radical (unpaired) electrons. The Balaban J connectivity index is -0.0000000288. The van der Waals surface area contributed by atoms with Gasteiger partial charge < -0.3 is 0 Å². The smallest absolute Gasteiger partial charge is 0.0587 e. The molecule has 0 saturated carbocycles. The molecule has 1 aliphatic rings. The van der Waals surface area contributed by atoms with E-state index in [0.29, 0.717) is 0 Å². The fourth-order valence-corrected chi connectivity index (χ4v) is 0.856. The molecule has 0 bridgehead atoms. The molecule has 0 aromatic rings. The Labute approximate surface area is 122 Å². The van der Waals surface area contributed by atoms with Crippen LogP contribution in [0.1, 0.15) is 32.6 Å². The van der Waals surface area contributed by atoms with Crippen LogP contribution in [0.3, 0.4) is 0 Å². The van der Waals surface area contributed by atoms with Crippen LogP contribution in [0.2, 0.25) is 0 Å².